The predicted octanol–water partition coefficient (Wildman–Crippen LogP) is 3.95. The van der Waals surface area contributed by atoms with Crippen LogP contribution >= 0.6 is 11.6 Å². The minimum absolute atomic E-state index is 0.119. The van der Waals surface area contributed by atoms with E-state index in [4.69, 9.17) is 30.5 Å². The van der Waals surface area contributed by atoms with Gasteiger partial charge in [0.05, 0.1) is 18.2 Å². The molecule has 1 amide bonds. The van der Waals surface area contributed by atoms with Gasteiger partial charge < -0.3 is 23.8 Å². The summed E-state index contributed by atoms with van der Waals surface area (Å²) >= 11 is 6.40. The first-order valence-corrected chi connectivity index (χ1v) is 10.7. The number of rotatable bonds is 9. The van der Waals surface area contributed by atoms with Crippen molar-refractivity contribution >= 4 is 35.5 Å². The van der Waals surface area contributed by atoms with E-state index in [1.165, 1.54) is 4.90 Å². The molecule has 33 heavy (non-hydrogen) atoms. The molecule has 0 aliphatic carbocycles. The van der Waals surface area contributed by atoms with Gasteiger partial charge in [-0.25, -0.2) is 9.79 Å². The summed E-state index contributed by atoms with van der Waals surface area (Å²) in [6.45, 7) is 4.45. The largest absolute Gasteiger partial charge is 0.494 e. The Balaban J connectivity index is 1.86. The summed E-state index contributed by atoms with van der Waals surface area (Å²) in [5.74, 6) is 0.727. The van der Waals surface area contributed by atoms with Gasteiger partial charge >= 0.3 is 5.97 Å². The van der Waals surface area contributed by atoms with Crippen molar-refractivity contribution in [3.63, 3.8) is 0 Å². The Kier molecular flexibility index (Phi) is 7.95. The first-order chi connectivity index (χ1) is 15.8. The molecule has 0 fully saturated rings. The molecule has 8 nitrogen and oxygen atoms in total. The van der Waals surface area contributed by atoms with Crippen LogP contribution in [-0.2, 0) is 14.3 Å². The van der Waals surface area contributed by atoms with E-state index in [-0.39, 0.29) is 34.9 Å². The maximum absolute atomic E-state index is 12.4. The van der Waals surface area contributed by atoms with Crippen molar-refractivity contribution in [3.8, 4) is 17.2 Å². The van der Waals surface area contributed by atoms with E-state index in [0.29, 0.717) is 30.1 Å². The molecule has 2 aromatic carbocycles. The number of amides is 1. The standard InChI is InChI=1S/C24H25ClN2O6/c1-5-30-17-9-7-16(8-10-17)23-26-19(24(29)33-23)12-15-11-18(25)22(20(13-15)31-6-2)32-14-21(28)27(3)4/h7-13H,5-6,14H2,1-4H3/b19-12-. The molecule has 174 valence electrons. The number of benzene rings is 2. The van der Waals surface area contributed by atoms with E-state index in [1.807, 2.05) is 13.8 Å². The Labute approximate surface area is 197 Å². The third kappa shape index (κ3) is 6.04. The number of nitrogens with zero attached hydrogens (tertiary/aromatic N) is 2. The van der Waals surface area contributed by atoms with Crippen molar-refractivity contribution in [2.24, 2.45) is 4.99 Å². The van der Waals surface area contributed by atoms with Crippen LogP contribution in [0.2, 0.25) is 5.02 Å². The summed E-state index contributed by atoms with van der Waals surface area (Å²) in [4.78, 5) is 30.0. The van der Waals surface area contributed by atoms with E-state index < -0.39 is 5.97 Å². The Hall–Kier alpha value is -3.52. The first kappa shape index (κ1) is 24.1. The molecule has 1 aliphatic heterocycles. The second-order valence-corrected chi connectivity index (χ2v) is 7.54. The SMILES string of the molecule is CCOc1ccc(C2=N/C(=C\c3cc(Cl)c(OCC(=O)N(C)C)c(OCC)c3)C(=O)O2)cc1. The third-order valence-electron chi connectivity index (χ3n) is 4.51. The van der Waals surface area contributed by atoms with Crippen LogP contribution in [0.5, 0.6) is 17.2 Å². The number of carbonyl (C=O) groups is 2. The highest BCUT2D eigenvalue weighted by molar-refractivity contribution is 6.32. The fraction of sp³-hybridized carbons (Fsp3) is 0.292. The molecule has 0 unspecified atom stereocenters. The molecule has 9 heteroatoms. The average Bonchev–Trinajstić information content (AvgIpc) is 3.14. The second-order valence-electron chi connectivity index (χ2n) is 7.13. The fourth-order valence-electron chi connectivity index (χ4n) is 2.89. The van der Waals surface area contributed by atoms with Crippen molar-refractivity contribution < 1.29 is 28.5 Å². The Morgan fingerprint density at radius 3 is 2.42 bits per heavy atom. The monoisotopic (exact) mass is 472 g/mol. The molecule has 2 aromatic rings. The van der Waals surface area contributed by atoms with E-state index >= 15 is 0 Å². The van der Waals surface area contributed by atoms with Crippen molar-refractivity contribution in [2.75, 3.05) is 33.9 Å². The molecule has 1 aliphatic rings. The van der Waals surface area contributed by atoms with Gasteiger partial charge in [-0.1, -0.05) is 11.6 Å². The number of esters is 1. The molecule has 0 spiro atoms. The molecule has 0 radical (unpaired) electrons. The van der Waals surface area contributed by atoms with Gasteiger partial charge in [-0.05, 0) is 61.9 Å². The van der Waals surface area contributed by atoms with E-state index in [9.17, 15) is 9.59 Å². The van der Waals surface area contributed by atoms with Gasteiger partial charge in [0.25, 0.3) is 5.91 Å². The van der Waals surface area contributed by atoms with Gasteiger partial charge in [-0.2, -0.15) is 0 Å². The maximum atomic E-state index is 12.4. The Morgan fingerprint density at radius 1 is 1.09 bits per heavy atom. The summed E-state index contributed by atoms with van der Waals surface area (Å²) in [5, 5.41) is 0.237. The van der Waals surface area contributed by atoms with Crippen molar-refractivity contribution in [1.29, 1.82) is 0 Å². The quantitative estimate of drug-likeness (QED) is 0.405. The smallest absolute Gasteiger partial charge is 0.363 e. The summed E-state index contributed by atoms with van der Waals surface area (Å²) in [5.41, 5.74) is 1.34. The number of likely N-dealkylation sites (N-methyl/N-ethyl adjacent to an activating group) is 1. The number of carbonyl (C=O) groups excluding carboxylic acids is 2. The van der Waals surface area contributed by atoms with Crippen LogP contribution in [0.3, 0.4) is 0 Å². The van der Waals surface area contributed by atoms with Crippen molar-refractivity contribution in [3.05, 3.63) is 58.2 Å². The lowest BCUT2D eigenvalue weighted by atomic mass is 10.1. The van der Waals surface area contributed by atoms with Gasteiger partial charge in [0.1, 0.15) is 5.75 Å². The summed E-state index contributed by atoms with van der Waals surface area (Å²) in [7, 11) is 3.27. The zero-order chi connectivity index (χ0) is 24.0. The van der Waals surface area contributed by atoms with Crippen LogP contribution < -0.4 is 14.2 Å². The minimum Gasteiger partial charge on any atom is -0.494 e. The van der Waals surface area contributed by atoms with E-state index in [1.54, 1.807) is 56.6 Å². The molecule has 0 N–H and O–H groups in total. The zero-order valence-corrected chi connectivity index (χ0v) is 19.6. The lowest BCUT2D eigenvalue weighted by molar-refractivity contribution is -0.131. The molecule has 0 saturated carbocycles. The van der Waals surface area contributed by atoms with Gasteiger partial charge in [-0.3, -0.25) is 4.79 Å². The summed E-state index contributed by atoms with van der Waals surface area (Å²) in [6, 6.07) is 10.4. The normalized spacial score (nSPS) is 14.0. The highest BCUT2D eigenvalue weighted by atomic mass is 35.5. The molecular formula is C24H25ClN2O6. The number of hydrogen-bond donors (Lipinski definition) is 0. The Morgan fingerprint density at radius 2 is 1.79 bits per heavy atom. The topological polar surface area (TPSA) is 86.7 Å². The molecule has 0 aromatic heterocycles. The first-order valence-electron chi connectivity index (χ1n) is 10.4. The van der Waals surface area contributed by atoms with Crippen molar-refractivity contribution in [2.45, 2.75) is 13.8 Å². The van der Waals surface area contributed by atoms with Gasteiger partial charge in [0.15, 0.2) is 23.8 Å². The van der Waals surface area contributed by atoms with Crippen LogP contribution in [0.25, 0.3) is 6.08 Å². The third-order valence-corrected chi connectivity index (χ3v) is 4.79. The molecule has 3 rings (SSSR count). The minimum atomic E-state index is -0.579. The second kappa shape index (κ2) is 10.9. The molecule has 0 saturated heterocycles. The van der Waals surface area contributed by atoms with Crippen LogP contribution in [0.1, 0.15) is 25.0 Å². The maximum Gasteiger partial charge on any atom is 0.363 e. The zero-order valence-electron chi connectivity index (χ0n) is 18.9. The number of halogens is 1. The molecular weight excluding hydrogens is 448 g/mol. The van der Waals surface area contributed by atoms with E-state index in [2.05, 4.69) is 4.99 Å². The molecule has 0 atom stereocenters. The van der Waals surface area contributed by atoms with Crippen LogP contribution in [0.4, 0.5) is 0 Å². The average molecular weight is 473 g/mol. The van der Waals surface area contributed by atoms with Crippen LogP contribution in [0, 0.1) is 0 Å². The molecule has 0 bridgehead atoms. The van der Waals surface area contributed by atoms with Gasteiger partial charge in [-0.15, -0.1) is 0 Å². The summed E-state index contributed by atoms with van der Waals surface area (Å²) in [6.07, 6.45) is 1.55. The van der Waals surface area contributed by atoms with Gasteiger partial charge in [0.2, 0.25) is 5.90 Å². The number of ether oxygens (including phenoxy) is 4. The lowest BCUT2D eigenvalue weighted by Gasteiger charge is -2.16. The number of cyclic esters (lactones) is 1. The van der Waals surface area contributed by atoms with Crippen LogP contribution in [-0.4, -0.2) is 56.6 Å². The highest BCUT2D eigenvalue weighted by Crippen LogP contribution is 2.37. The Bertz CT molecular complexity index is 1090. The number of hydrogen-bond acceptors (Lipinski definition) is 7. The fourth-order valence-corrected chi connectivity index (χ4v) is 3.16. The van der Waals surface area contributed by atoms with E-state index in [0.717, 1.165) is 5.75 Å². The number of aliphatic imine (C=N–C) groups is 1. The molecule has 1 heterocycles. The highest BCUT2D eigenvalue weighted by Gasteiger charge is 2.25. The lowest BCUT2D eigenvalue weighted by Crippen LogP contribution is -2.27. The van der Waals surface area contributed by atoms with Crippen LogP contribution in [0.15, 0.2) is 47.1 Å². The van der Waals surface area contributed by atoms with Crippen molar-refractivity contribution in [1.82, 2.24) is 4.90 Å². The van der Waals surface area contributed by atoms with Gasteiger partial charge in [0, 0.05) is 19.7 Å². The summed E-state index contributed by atoms with van der Waals surface area (Å²) < 4.78 is 22.0. The predicted molar refractivity (Wildman–Crippen MR) is 125 cm³/mol.